The van der Waals surface area contributed by atoms with Crippen molar-refractivity contribution >= 4 is 11.6 Å². The van der Waals surface area contributed by atoms with Crippen molar-refractivity contribution in [3.63, 3.8) is 0 Å². The van der Waals surface area contributed by atoms with Gasteiger partial charge in [-0.15, -0.1) is 0 Å². The van der Waals surface area contributed by atoms with Crippen molar-refractivity contribution in [2.45, 2.75) is 43.3 Å². The largest absolute Gasteiger partial charge is 0.416 e. The van der Waals surface area contributed by atoms with Crippen LogP contribution >= 0.6 is 0 Å². The number of carbonyl (C=O) groups is 1. The van der Waals surface area contributed by atoms with Gasteiger partial charge in [0.1, 0.15) is 6.07 Å². The number of fused-ring (bicyclic) bond motifs is 2. The summed E-state index contributed by atoms with van der Waals surface area (Å²) in [5.74, 6) is -0.428. The molecule has 3 saturated heterocycles. The number of halogens is 3. The van der Waals surface area contributed by atoms with E-state index in [1.807, 2.05) is 48.1 Å². The van der Waals surface area contributed by atoms with E-state index in [0.717, 1.165) is 61.6 Å². The summed E-state index contributed by atoms with van der Waals surface area (Å²) in [6.45, 7) is 3.13. The van der Waals surface area contributed by atoms with Crippen LogP contribution in [0.25, 0.3) is 11.4 Å². The second kappa shape index (κ2) is 9.37. The fourth-order valence-corrected chi connectivity index (χ4v) is 7.28. The number of anilines is 1. The van der Waals surface area contributed by atoms with Gasteiger partial charge in [0, 0.05) is 44.0 Å². The lowest BCUT2D eigenvalue weighted by molar-refractivity contribution is -0.137. The maximum atomic E-state index is 13.5. The predicted octanol–water partition coefficient (Wildman–Crippen LogP) is 4.47. The summed E-state index contributed by atoms with van der Waals surface area (Å²) in [5, 5.41) is 9.88. The Hall–Kier alpha value is -3.84. The molecular formula is C30H31F3N6O. The Kier molecular flexibility index (Phi) is 6.18. The average molecular weight is 549 g/mol. The third kappa shape index (κ3) is 4.15. The van der Waals surface area contributed by atoms with Crippen molar-refractivity contribution in [1.82, 2.24) is 14.5 Å². The number of amides is 1. The van der Waals surface area contributed by atoms with Gasteiger partial charge in [-0.3, -0.25) is 9.78 Å². The lowest BCUT2D eigenvalue weighted by Crippen LogP contribution is -2.60. The highest BCUT2D eigenvalue weighted by atomic mass is 19.4. The third-order valence-electron chi connectivity index (χ3n) is 9.54. The van der Waals surface area contributed by atoms with Crippen LogP contribution in [-0.2, 0) is 23.4 Å². The highest BCUT2D eigenvalue weighted by molar-refractivity contribution is 5.87. The topological polar surface area (TPSA) is 91.2 Å². The fraction of sp³-hybridized carbons (Fsp3) is 0.433. The zero-order valence-corrected chi connectivity index (χ0v) is 22.3. The molecule has 0 aliphatic carbocycles. The molecule has 2 unspecified atom stereocenters. The fourth-order valence-electron chi connectivity index (χ4n) is 7.28. The molecule has 3 aliphatic heterocycles. The Morgan fingerprint density at radius 3 is 2.45 bits per heavy atom. The molecule has 10 heteroatoms. The molecule has 3 aliphatic rings. The van der Waals surface area contributed by atoms with Crippen molar-refractivity contribution < 1.29 is 18.0 Å². The van der Waals surface area contributed by atoms with Crippen LogP contribution in [-0.4, -0.2) is 52.6 Å². The first-order chi connectivity index (χ1) is 19.1. The van der Waals surface area contributed by atoms with Gasteiger partial charge in [0.05, 0.1) is 33.6 Å². The number of hydrogen-bond donors (Lipinski definition) is 1. The van der Waals surface area contributed by atoms with E-state index in [1.54, 1.807) is 6.20 Å². The Labute approximate surface area is 231 Å². The van der Waals surface area contributed by atoms with E-state index in [9.17, 15) is 23.2 Å². The number of rotatable bonds is 5. The highest BCUT2D eigenvalue weighted by Crippen LogP contribution is 2.53. The maximum absolute atomic E-state index is 13.5. The summed E-state index contributed by atoms with van der Waals surface area (Å²) < 4.78 is 42.3. The summed E-state index contributed by atoms with van der Waals surface area (Å²) in [5.41, 5.74) is 7.17. The number of pyridine rings is 1. The molecule has 0 spiro atoms. The number of aryl methyl sites for hydroxylation is 1. The van der Waals surface area contributed by atoms with Crippen LogP contribution in [0.3, 0.4) is 0 Å². The number of aromatic nitrogens is 2. The minimum atomic E-state index is -4.54. The first kappa shape index (κ1) is 26.4. The predicted molar refractivity (Wildman–Crippen MR) is 144 cm³/mol. The number of nitrogens with two attached hydrogens (primary N) is 1. The molecule has 0 radical (unpaired) electrons. The van der Waals surface area contributed by atoms with Crippen molar-refractivity contribution in [3.8, 4) is 17.5 Å². The molecule has 7 nitrogen and oxygen atoms in total. The lowest BCUT2D eigenvalue weighted by Gasteiger charge is -2.52. The molecule has 2 N–H and O–H groups in total. The second-order valence-electron chi connectivity index (χ2n) is 11.5. The standard InChI is InChI=1S/C30H31F3N6O/c1-37-11-2-3-25(37)23-6-4-22(18-36-23)29(27(35)40)10-14-39(26(16-29)28-8-12-38(19-28)13-9-28)24-7-5-21(30(31,32)33)15-20(24)17-34/h2-7,11,15,18,26H,8-10,12-14,16,19H2,1H3,(H2,35,40). The van der Waals surface area contributed by atoms with Crippen LogP contribution < -0.4 is 10.6 Å². The minimum Gasteiger partial charge on any atom is -0.369 e. The average Bonchev–Trinajstić information content (AvgIpc) is 3.69. The molecule has 0 saturated carbocycles. The van der Waals surface area contributed by atoms with Gasteiger partial charge in [0.25, 0.3) is 0 Å². The third-order valence-corrected chi connectivity index (χ3v) is 9.54. The molecule has 1 aromatic carbocycles. The van der Waals surface area contributed by atoms with Gasteiger partial charge in [-0.25, -0.2) is 0 Å². The van der Waals surface area contributed by atoms with E-state index in [4.69, 9.17) is 10.7 Å². The number of nitriles is 1. The van der Waals surface area contributed by atoms with E-state index < -0.39 is 23.1 Å². The first-order valence-electron chi connectivity index (χ1n) is 13.5. The molecule has 5 heterocycles. The van der Waals surface area contributed by atoms with Gasteiger partial charge in [-0.2, -0.15) is 18.4 Å². The van der Waals surface area contributed by atoms with E-state index >= 15 is 0 Å². The second-order valence-corrected chi connectivity index (χ2v) is 11.5. The smallest absolute Gasteiger partial charge is 0.369 e. The highest BCUT2D eigenvalue weighted by Gasteiger charge is 2.57. The van der Waals surface area contributed by atoms with Gasteiger partial charge >= 0.3 is 6.18 Å². The van der Waals surface area contributed by atoms with Gasteiger partial charge in [-0.1, -0.05) is 6.07 Å². The van der Waals surface area contributed by atoms with Crippen LogP contribution in [0.4, 0.5) is 18.9 Å². The van der Waals surface area contributed by atoms with Gasteiger partial charge < -0.3 is 20.1 Å². The summed E-state index contributed by atoms with van der Waals surface area (Å²) in [7, 11) is 1.94. The minimum absolute atomic E-state index is 0.00997. The number of nitrogens with zero attached hydrogens (tertiary/aromatic N) is 5. The number of alkyl halides is 3. The normalized spacial score (nSPS) is 28.0. The SMILES string of the molecule is Cn1cccc1-c1ccc(C2(C(N)=O)CCN(c3ccc(C(F)(F)F)cc3C#N)C(C34CCN(CC3)C4)C2)cn1. The summed E-state index contributed by atoms with van der Waals surface area (Å²) in [6, 6.07) is 13.0. The quantitative estimate of drug-likeness (QED) is 0.508. The van der Waals surface area contributed by atoms with Crippen LogP contribution in [0.1, 0.15) is 42.4 Å². The molecule has 3 fully saturated rings. The van der Waals surface area contributed by atoms with Gasteiger partial charge in [0.2, 0.25) is 5.91 Å². The molecule has 2 aromatic heterocycles. The molecule has 40 heavy (non-hydrogen) atoms. The monoisotopic (exact) mass is 548 g/mol. The van der Waals surface area contributed by atoms with Crippen molar-refractivity contribution in [2.75, 3.05) is 31.1 Å². The number of piperidine rings is 2. The van der Waals surface area contributed by atoms with E-state index in [1.165, 1.54) is 6.07 Å². The Balaban J connectivity index is 1.41. The summed E-state index contributed by atoms with van der Waals surface area (Å²) in [4.78, 5) is 22.5. The molecule has 2 bridgehead atoms. The lowest BCUT2D eigenvalue weighted by atomic mass is 9.63. The maximum Gasteiger partial charge on any atom is 0.416 e. The molecule has 3 aromatic rings. The number of carbonyl (C=O) groups excluding carboxylic acids is 1. The number of hydrogen-bond acceptors (Lipinski definition) is 5. The Morgan fingerprint density at radius 2 is 1.90 bits per heavy atom. The van der Waals surface area contributed by atoms with Crippen LogP contribution in [0.15, 0.2) is 54.9 Å². The number of benzene rings is 1. The first-order valence-corrected chi connectivity index (χ1v) is 13.5. The van der Waals surface area contributed by atoms with Gasteiger partial charge in [-0.05, 0) is 80.7 Å². The summed E-state index contributed by atoms with van der Waals surface area (Å²) >= 11 is 0. The molecule has 208 valence electrons. The van der Waals surface area contributed by atoms with E-state index in [0.29, 0.717) is 25.1 Å². The zero-order valence-electron chi connectivity index (χ0n) is 22.3. The van der Waals surface area contributed by atoms with Crippen molar-refractivity contribution in [1.29, 1.82) is 5.26 Å². The zero-order chi connectivity index (χ0) is 28.3. The van der Waals surface area contributed by atoms with Crippen LogP contribution in [0.5, 0.6) is 0 Å². The van der Waals surface area contributed by atoms with E-state index in [-0.39, 0.29) is 17.0 Å². The molecule has 1 amide bonds. The van der Waals surface area contributed by atoms with Crippen LogP contribution in [0, 0.1) is 16.7 Å². The molecule has 6 rings (SSSR count). The van der Waals surface area contributed by atoms with Crippen molar-refractivity contribution in [2.24, 2.45) is 18.2 Å². The van der Waals surface area contributed by atoms with E-state index in [2.05, 4.69) is 9.80 Å². The number of primary amides is 1. The molecular weight excluding hydrogens is 517 g/mol. The van der Waals surface area contributed by atoms with Crippen LogP contribution in [0.2, 0.25) is 0 Å². The Morgan fingerprint density at radius 1 is 1.12 bits per heavy atom. The van der Waals surface area contributed by atoms with Gasteiger partial charge in [0.15, 0.2) is 0 Å². The Bertz CT molecular complexity index is 1480. The van der Waals surface area contributed by atoms with Crippen molar-refractivity contribution in [3.05, 3.63) is 71.5 Å². The molecule has 2 atom stereocenters. The summed E-state index contributed by atoms with van der Waals surface area (Å²) in [6.07, 6.45) is 1.78.